The van der Waals surface area contributed by atoms with Gasteiger partial charge in [0.05, 0.1) is 27.8 Å². The molecule has 3 rings (SSSR count). The molecule has 0 N–H and O–H groups in total. The van der Waals surface area contributed by atoms with Crippen molar-refractivity contribution in [1.29, 1.82) is 0 Å². The Morgan fingerprint density at radius 1 is 1.42 bits per heavy atom. The number of Topliss-reactive ketones (excluding diaryl/α,β-unsaturated/α-hetero) is 1. The quantitative estimate of drug-likeness (QED) is 0.432. The van der Waals surface area contributed by atoms with Crippen LogP contribution in [-0.4, -0.2) is 23.0 Å². The van der Waals surface area contributed by atoms with E-state index in [0.29, 0.717) is 23.5 Å². The van der Waals surface area contributed by atoms with E-state index in [1.54, 1.807) is 0 Å². The predicted octanol–water partition coefficient (Wildman–Crippen LogP) is 4.05. The van der Waals surface area contributed by atoms with Crippen LogP contribution in [0, 0.1) is 10.1 Å². The summed E-state index contributed by atoms with van der Waals surface area (Å²) >= 11 is 0. The first-order valence-corrected chi connectivity index (χ1v) is 7.61. The summed E-state index contributed by atoms with van der Waals surface area (Å²) < 4.78 is 48.7. The second-order valence-corrected chi connectivity index (χ2v) is 5.89. The van der Waals surface area contributed by atoms with Crippen LogP contribution in [0.5, 0.6) is 0 Å². The van der Waals surface area contributed by atoms with Crippen LogP contribution in [0.4, 0.5) is 18.9 Å². The Hall–Kier alpha value is -2.75. The summed E-state index contributed by atoms with van der Waals surface area (Å²) in [6.07, 6.45) is -3.02. The van der Waals surface area contributed by atoms with Crippen molar-refractivity contribution in [2.75, 3.05) is 7.11 Å². The summed E-state index contributed by atoms with van der Waals surface area (Å²) in [6.45, 7) is 0. The molecule has 1 fully saturated rings. The van der Waals surface area contributed by atoms with Gasteiger partial charge in [0.2, 0.25) is 5.78 Å². The maximum Gasteiger partial charge on any atom is 0.416 e. The zero-order valence-electron chi connectivity index (χ0n) is 13.4. The number of rotatable bonds is 6. The molecule has 10 heteroatoms. The van der Waals surface area contributed by atoms with E-state index in [0.717, 1.165) is 18.9 Å². The minimum absolute atomic E-state index is 0.0977. The molecule has 1 unspecified atom stereocenters. The molecule has 1 aromatic carbocycles. The summed E-state index contributed by atoms with van der Waals surface area (Å²) in [5, 5.41) is 14.8. The summed E-state index contributed by atoms with van der Waals surface area (Å²) in [7, 11) is 1.22. The molecule has 0 saturated heterocycles. The van der Waals surface area contributed by atoms with Gasteiger partial charge in [-0.3, -0.25) is 14.9 Å². The van der Waals surface area contributed by atoms with Gasteiger partial charge >= 0.3 is 6.18 Å². The van der Waals surface area contributed by atoms with Gasteiger partial charge in [0.1, 0.15) is 5.76 Å². The molecular formula is C16H13F3N2O5. The van der Waals surface area contributed by atoms with Crippen molar-refractivity contribution in [2.24, 2.45) is 0 Å². The molecule has 2 aromatic rings. The average molecular weight is 370 g/mol. The molecule has 1 aliphatic carbocycles. The minimum atomic E-state index is -4.76. The number of nitrogens with zero attached hydrogens (tertiary/aromatic N) is 2. The molecule has 7 nitrogen and oxygen atoms in total. The van der Waals surface area contributed by atoms with Gasteiger partial charge in [0.15, 0.2) is 6.10 Å². The van der Waals surface area contributed by atoms with E-state index < -0.39 is 39.8 Å². The highest BCUT2D eigenvalue weighted by molar-refractivity contribution is 6.03. The number of methoxy groups -OCH3 is 1. The molecule has 1 atom stereocenters. The van der Waals surface area contributed by atoms with Crippen molar-refractivity contribution in [1.82, 2.24) is 5.16 Å². The zero-order valence-corrected chi connectivity index (χ0v) is 13.4. The van der Waals surface area contributed by atoms with Crippen LogP contribution in [0.3, 0.4) is 0 Å². The van der Waals surface area contributed by atoms with Gasteiger partial charge in [0.25, 0.3) is 5.69 Å². The SMILES string of the molecule is COC(C(=O)c1ccc(C(F)(F)F)cc1[N+](=O)[O-])c1cnoc1C1CC1. The number of carbonyl (C=O) groups excluding carboxylic acids is 1. The second kappa shape index (κ2) is 6.52. The van der Waals surface area contributed by atoms with Gasteiger partial charge in [-0.05, 0) is 25.0 Å². The minimum Gasteiger partial charge on any atom is -0.368 e. The van der Waals surface area contributed by atoms with Gasteiger partial charge in [-0.2, -0.15) is 13.2 Å². The van der Waals surface area contributed by atoms with Crippen LogP contribution in [0.1, 0.15) is 52.1 Å². The van der Waals surface area contributed by atoms with Crippen LogP contribution < -0.4 is 0 Å². The molecule has 1 heterocycles. The highest BCUT2D eigenvalue weighted by Crippen LogP contribution is 2.44. The molecule has 1 saturated carbocycles. The van der Waals surface area contributed by atoms with Gasteiger partial charge in [-0.1, -0.05) is 5.16 Å². The Labute approximate surface area is 144 Å². The van der Waals surface area contributed by atoms with Gasteiger partial charge in [-0.25, -0.2) is 0 Å². The van der Waals surface area contributed by atoms with E-state index in [2.05, 4.69) is 5.16 Å². The van der Waals surface area contributed by atoms with Crippen molar-refractivity contribution >= 4 is 11.5 Å². The Kier molecular flexibility index (Phi) is 4.53. The molecule has 1 aliphatic rings. The van der Waals surface area contributed by atoms with Gasteiger partial charge in [-0.15, -0.1) is 0 Å². The van der Waals surface area contributed by atoms with Crippen LogP contribution in [0.15, 0.2) is 28.9 Å². The van der Waals surface area contributed by atoms with Crippen LogP contribution >= 0.6 is 0 Å². The summed E-state index contributed by atoms with van der Waals surface area (Å²) in [6, 6.07) is 1.76. The second-order valence-electron chi connectivity index (χ2n) is 5.89. The number of carbonyl (C=O) groups is 1. The van der Waals surface area contributed by atoms with Crippen LogP contribution in [-0.2, 0) is 10.9 Å². The highest BCUT2D eigenvalue weighted by Gasteiger charge is 2.38. The number of nitro groups is 1. The zero-order chi connectivity index (χ0) is 19.1. The number of hydrogen-bond acceptors (Lipinski definition) is 6. The lowest BCUT2D eigenvalue weighted by Crippen LogP contribution is -2.18. The molecule has 0 radical (unpaired) electrons. The lowest BCUT2D eigenvalue weighted by molar-refractivity contribution is -0.385. The van der Waals surface area contributed by atoms with Crippen molar-refractivity contribution in [3.05, 3.63) is 57.0 Å². The standard InChI is InChI=1S/C16H13F3N2O5/c1-25-15(11-7-20-26-14(11)8-2-3-8)13(22)10-5-4-9(16(17,18)19)6-12(10)21(23)24/h4-8,15H,2-3H2,1H3. The number of ketones is 1. The lowest BCUT2D eigenvalue weighted by atomic mass is 9.97. The Bertz CT molecular complexity index is 858. The maximum absolute atomic E-state index is 12.8. The summed E-state index contributed by atoms with van der Waals surface area (Å²) in [4.78, 5) is 23.0. The number of benzene rings is 1. The van der Waals surface area contributed by atoms with E-state index in [1.807, 2.05) is 0 Å². The Morgan fingerprint density at radius 2 is 2.12 bits per heavy atom. The van der Waals surface area contributed by atoms with Gasteiger partial charge < -0.3 is 9.26 Å². The summed E-state index contributed by atoms with van der Waals surface area (Å²) in [5.41, 5.74) is -2.29. The number of aromatic nitrogens is 1. The maximum atomic E-state index is 12.8. The molecular weight excluding hydrogens is 357 g/mol. The molecule has 26 heavy (non-hydrogen) atoms. The monoisotopic (exact) mass is 370 g/mol. The van der Waals surface area contributed by atoms with E-state index >= 15 is 0 Å². The highest BCUT2D eigenvalue weighted by atomic mass is 19.4. The number of halogens is 3. The predicted molar refractivity (Wildman–Crippen MR) is 80.7 cm³/mol. The van der Waals surface area contributed by atoms with E-state index in [1.165, 1.54) is 13.3 Å². The third-order valence-electron chi connectivity index (χ3n) is 4.12. The number of nitro benzene ring substituents is 1. The van der Waals surface area contributed by atoms with E-state index in [4.69, 9.17) is 9.26 Å². The fraction of sp³-hybridized carbons (Fsp3) is 0.375. The normalized spacial score (nSPS) is 15.7. The van der Waals surface area contributed by atoms with Gasteiger partial charge in [0, 0.05) is 19.1 Å². The van der Waals surface area contributed by atoms with Crippen molar-refractivity contribution < 1.29 is 32.1 Å². The first kappa shape index (κ1) is 18.1. The first-order chi connectivity index (χ1) is 12.2. The summed E-state index contributed by atoms with van der Waals surface area (Å²) in [5.74, 6) is -0.279. The lowest BCUT2D eigenvalue weighted by Gasteiger charge is -2.14. The van der Waals surface area contributed by atoms with Crippen LogP contribution in [0.2, 0.25) is 0 Å². The van der Waals surface area contributed by atoms with E-state index in [-0.39, 0.29) is 5.92 Å². The van der Waals surface area contributed by atoms with Crippen molar-refractivity contribution in [2.45, 2.75) is 31.0 Å². The fourth-order valence-electron chi connectivity index (χ4n) is 2.69. The third kappa shape index (κ3) is 3.32. The molecule has 0 aliphatic heterocycles. The fourth-order valence-corrected chi connectivity index (χ4v) is 2.69. The Balaban J connectivity index is 2.02. The molecule has 0 bridgehead atoms. The number of ether oxygens (including phenoxy) is 1. The smallest absolute Gasteiger partial charge is 0.368 e. The molecule has 1 aromatic heterocycles. The molecule has 0 spiro atoms. The van der Waals surface area contributed by atoms with E-state index in [9.17, 15) is 28.1 Å². The number of hydrogen-bond donors (Lipinski definition) is 0. The van der Waals surface area contributed by atoms with Crippen LogP contribution in [0.25, 0.3) is 0 Å². The first-order valence-electron chi connectivity index (χ1n) is 7.61. The third-order valence-corrected chi connectivity index (χ3v) is 4.12. The Morgan fingerprint density at radius 3 is 2.65 bits per heavy atom. The largest absolute Gasteiger partial charge is 0.416 e. The number of alkyl halides is 3. The topological polar surface area (TPSA) is 95.5 Å². The van der Waals surface area contributed by atoms with Crippen molar-refractivity contribution in [3.8, 4) is 0 Å². The molecule has 0 amide bonds. The van der Waals surface area contributed by atoms with Crippen molar-refractivity contribution in [3.63, 3.8) is 0 Å². The average Bonchev–Trinajstić information content (AvgIpc) is 3.32. The molecule has 138 valence electrons.